The molecule has 1 aliphatic rings. The lowest BCUT2D eigenvalue weighted by atomic mass is 9.89. The molecule has 0 saturated carbocycles. The van der Waals surface area contributed by atoms with Crippen molar-refractivity contribution in [2.24, 2.45) is 5.92 Å². The number of halogens is 3. The lowest BCUT2D eigenvalue weighted by Crippen LogP contribution is -2.38. The lowest BCUT2D eigenvalue weighted by molar-refractivity contribution is -0.137. The molecule has 2 heterocycles. The summed E-state index contributed by atoms with van der Waals surface area (Å²) in [7, 11) is 0. The summed E-state index contributed by atoms with van der Waals surface area (Å²) in [5, 5.41) is 3.23. The number of aromatic nitrogens is 1. The molecule has 1 aromatic heterocycles. The fourth-order valence-corrected chi connectivity index (χ4v) is 2.96. The number of alkyl halides is 3. The monoisotopic (exact) mass is 316 g/mol. The maximum atomic E-state index is 12.5. The van der Waals surface area contributed by atoms with Crippen molar-refractivity contribution in [1.29, 1.82) is 0 Å². The number of pyridine rings is 1. The molecule has 2 unspecified atom stereocenters. The number of nitrogens with zero attached hydrogens (tertiary/aromatic N) is 1. The van der Waals surface area contributed by atoms with Gasteiger partial charge in [0.15, 0.2) is 0 Å². The van der Waals surface area contributed by atoms with Crippen LogP contribution in [0.4, 0.5) is 19.0 Å². The molecule has 0 spiro atoms. The van der Waals surface area contributed by atoms with Gasteiger partial charge >= 0.3 is 6.18 Å². The lowest BCUT2D eigenvalue weighted by Gasteiger charge is -2.34. The summed E-state index contributed by atoms with van der Waals surface area (Å²) in [6, 6.07) is 2.65. The highest BCUT2D eigenvalue weighted by molar-refractivity contribution is 5.37. The van der Waals surface area contributed by atoms with E-state index in [1.54, 1.807) is 0 Å². The predicted molar refractivity (Wildman–Crippen MR) is 79.7 cm³/mol. The topological polar surface area (TPSA) is 34.2 Å². The van der Waals surface area contributed by atoms with Gasteiger partial charge in [-0.15, -0.1) is 0 Å². The number of hydrogen-bond acceptors (Lipinski definition) is 3. The van der Waals surface area contributed by atoms with Crippen LogP contribution in [0.25, 0.3) is 0 Å². The molecule has 22 heavy (non-hydrogen) atoms. The molecule has 1 N–H and O–H groups in total. The second-order valence-electron chi connectivity index (χ2n) is 5.78. The zero-order valence-corrected chi connectivity index (χ0v) is 13.0. The quantitative estimate of drug-likeness (QED) is 0.868. The molecule has 1 aliphatic heterocycles. The molecule has 1 aromatic rings. The van der Waals surface area contributed by atoms with Crippen LogP contribution < -0.4 is 5.32 Å². The van der Waals surface area contributed by atoms with Gasteiger partial charge in [0.2, 0.25) is 0 Å². The average molecular weight is 316 g/mol. The minimum absolute atomic E-state index is 0.198. The number of rotatable bonds is 5. The van der Waals surface area contributed by atoms with Crippen LogP contribution in [0.5, 0.6) is 0 Å². The summed E-state index contributed by atoms with van der Waals surface area (Å²) in [6.07, 6.45) is 0.619. The first kappa shape index (κ1) is 17.1. The van der Waals surface area contributed by atoms with E-state index < -0.39 is 11.7 Å². The summed E-state index contributed by atoms with van der Waals surface area (Å²) in [5.41, 5.74) is -0.722. The van der Waals surface area contributed by atoms with E-state index in [0.29, 0.717) is 18.3 Å². The summed E-state index contributed by atoms with van der Waals surface area (Å²) >= 11 is 0. The van der Waals surface area contributed by atoms with Gasteiger partial charge in [0.05, 0.1) is 11.7 Å². The van der Waals surface area contributed by atoms with E-state index in [0.717, 1.165) is 37.9 Å². The molecule has 2 rings (SSSR count). The molecule has 2 atom stereocenters. The van der Waals surface area contributed by atoms with Crippen LogP contribution in [0, 0.1) is 5.92 Å². The zero-order valence-electron chi connectivity index (χ0n) is 13.0. The largest absolute Gasteiger partial charge is 0.417 e. The maximum absolute atomic E-state index is 12.5. The summed E-state index contributed by atoms with van der Waals surface area (Å²) < 4.78 is 43.4. The summed E-state index contributed by atoms with van der Waals surface area (Å²) in [6.45, 7) is 5.00. The first-order chi connectivity index (χ1) is 10.4. The van der Waals surface area contributed by atoms with E-state index in [9.17, 15) is 13.2 Å². The van der Waals surface area contributed by atoms with Crippen LogP contribution in [0.15, 0.2) is 18.3 Å². The third-order valence-corrected chi connectivity index (χ3v) is 4.33. The molecule has 124 valence electrons. The van der Waals surface area contributed by atoms with E-state index in [4.69, 9.17) is 4.74 Å². The fraction of sp³-hybridized carbons (Fsp3) is 0.688. The van der Waals surface area contributed by atoms with Gasteiger partial charge in [0, 0.05) is 18.8 Å². The SMILES string of the molecule is CCC(CC)C1CC(Nc2ccc(C(F)(F)F)cn2)CCO1. The smallest absolute Gasteiger partial charge is 0.378 e. The van der Waals surface area contributed by atoms with Crippen molar-refractivity contribution in [3.63, 3.8) is 0 Å². The van der Waals surface area contributed by atoms with Gasteiger partial charge in [0.1, 0.15) is 5.82 Å². The molecule has 0 aliphatic carbocycles. The van der Waals surface area contributed by atoms with E-state index in [2.05, 4.69) is 24.1 Å². The first-order valence-corrected chi connectivity index (χ1v) is 7.85. The van der Waals surface area contributed by atoms with Crippen molar-refractivity contribution in [3.8, 4) is 0 Å². The molecule has 0 aromatic carbocycles. The van der Waals surface area contributed by atoms with E-state index in [1.165, 1.54) is 6.07 Å². The van der Waals surface area contributed by atoms with Gasteiger partial charge in [-0.25, -0.2) is 4.98 Å². The molecular weight excluding hydrogens is 293 g/mol. The van der Waals surface area contributed by atoms with Crippen LogP contribution >= 0.6 is 0 Å². The van der Waals surface area contributed by atoms with Gasteiger partial charge in [-0.1, -0.05) is 26.7 Å². The Kier molecular flexibility index (Phi) is 5.67. The van der Waals surface area contributed by atoms with Gasteiger partial charge in [0.25, 0.3) is 0 Å². The highest BCUT2D eigenvalue weighted by Gasteiger charge is 2.31. The standard InChI is InChI=1S/C16H23F3N2O/c1-3-11(4-2)14-9-13(7-8-22-14)21-15-6-5-12(10-20-15)16(17,18)19/h5-6,10-11,13-14H,3-4,7-9H2,1-2H3,(H,20,21). The van der Waals surface area contributed by atoms with Crippen molar-refractivity contribution in [2.75, 3.05) is 11.9 Å². The average Bonchev–Trinajstić information content (AvgIpc) is 2.48. The Hall–Kier alpha value is -1.30. The van der Waals surface area contributed by atoms with Crippen molar-refractivity contribution in [1.82, 2.24) is 4.98 Å². The number of anilines is 1. The summed E-state index contributed by atoms with van der Waals surface area (Å²) in [5.74, 6) is 1.02. The van der Waals surface area contributed by atoms with Crippen molar-refractivity contribution >= 4 is 5.82 Å². The zero-order chi connectivity index (χ0) is 16.2. The highest BCUT2D eigenvalue weighted by atomic mass is 19.4. The predicted octanol–water partition coefficient (Wildman–Crippen LogP) is 4.50. The van der Waals surface area contributed by atoms with Crippen molar-refractivity contribution in [2.45, 2.75) is 57.9 Å². The molecule has 0 amide bonds. The van der Waals surface area contributed by atoms with E-state index in [-0.39, 0.29) is 12.1 Å². The Balaban J connectivity index is 1.95. The van der Waals surface area contributed by atoms with Crippen molar-refractivity contribution in [3.05, 3.63) is 23.9 Å². The molecule has 0 radical (unpaired) electrons. The molecular formula is C16H23F3N2O. The Bertz CT molecular complexity index is 457. The van der Waals surface area contributed by atoms with Gasteiger partial charge in [-0.05, 0) is 30.9 Å². The second kappa shape index (κ2) is 7.31. The van der Waals surface area contributed by atoms with E-state index >= 15 is 0 Å². The highest BCUT2D eigenvalue weighted by Crippen LogP contribution is 2.30. The molecule has 0 bridgehead atoms. The number of nitrogens with one attached hydrogen (secondary N) is 1. The Morgan fingerprint density at radius 3 is 2.59 bits per heavy atom. The Morgan fingerprint density at radius 2 is 2.05 bits per heavy atom. The Labute approximate surface area is 129 Å². The van der Waals surface area contributed by atoms with E-state index in [1.807, 2.05) is 0 Å². The van der Waals surface area contributed by atoms with Gasteiger partial charge < -0.3 is 10.1 Å². The van der Waals surface area contributed by atoms with Crippen LogP contribution in [-0.2, 0) is 10.9 Å². The first-order valence-electron chi connectivity index (χ1n) is 7.85. The van der Waals surface area contributed by atoms with Crippen LogP contribution in [0.3, 0.4) is 0 Å². The third-order valence-electron chi connectivity index (χ3n) is 4.33. The summed E-state index contributed by atoms with van der Waals surface area (Å²) in [4.78, 5) is 3.88. The number of hydrogen-bond donors (Lipinski definition) is 1. The third kappa shape index (κ3) is 4.35. The van der Waals surface area contributed by atoms with Gasteiger partial charge in [-0.2, -0.15) is 13.2 Å². The molecule has 1 saturated heterocycles. The molecule has 6 heteroatoms. The van der Waals surface area contributed by atoms with Gasteiger partial charge in [-0.3, -0.25) is 0 Å². The molecule has 3 nitrogen and oxygen atoms in total. The molecule has 1 fully saturated rings. The Morgan fingerprint density at radius 1 is 1.32 bits per heavy atom. The van der Waals surface area contributed by atoms with Crippen molar-refractivity contribution < 1.29 is 17.9 Å². The maximum Gasteiger partial charge on any atom is 0.417 e. The van der Waals surface area contributed by atoms with Crippen LogP contribution in [0.2, 0.25) is 0 Å². The van der Waals surface area contributed by atoms with Crippen LogP contribution in [0.1, 0.15) is 45.1 Å². The fourth-order valence-electron chi connectivity index (χ4n) is 2.96. The van der Waals surface area contributed by atoms with Crippen LogP contribution in [-0.4, -0.2) is 23.7 Å². The minimum Gasteiger partial charge on any atom is -0.378 e. The number of ether oxygens (including phenoxy) is 1. The minimum atomic E-state index is -4.34. The second-order valence-corrected chi connectivity index (χ2v) is 5.78. The normalized spacial score (nSPS) is 22.8.